The Labute approximate surface area is 143 Å². The minimum atomic E-state index is -4.75. The number of ether oxygens (including phenoxy) is 1. The molecular formula is C16H20F3N3O3. The monoisotopic (exact) mass is 359 g/mol. The van der Waals surface area contributed by atoms with Crippen LogP contribution in [0.4, 0.5) is 18.9 Å². The van der Waals surface area contributed by atoms with Gasteiger partial charge in [0.2, 0.25) is 0 Å². The van der Waals surface area contributed by atoms with E-state index < -0.39 is 34.7 Å². The number of anilines is 1. The summed E-state index contributed by atoms with van der Waals surface area (Å²) >= 11 is 0. The Morgan fingerprint density at radius 2 is 2.00 bits per heavy atom. The van der Waals surface area contributed by atoms with Crippen LogP contribution in [0.5, 0.6) is 5.75 Å². The fourth-order valence-electron chi connectivity index (χ4n) is 2.64. The number of fused-ring (bicyclic) bond motifs is 1. The molecule has 0 atom stereocenters. The van der Waals surface area contributed by atoms with Crippen LogP contribution in [0.1, 0.15) is 36.7 Å². The molecule has 9 heteroatoms. The summed E-state index contributed by atoms with van der Waals surface area (Å²) in [6, 6.07) is 1.80. The van der Waals surface area contributed by atoms with Crippen molar-refractivity contribution in [1.29, 1.82) is 0 Å². The van der Waals surface area contributed by atoms with E-state index in [-0.39, 0.29) is 31.1 Å². The molecule has 1 aromatic carbocycles. The zero-order valence-corrected chi connectivity index (χ0v) is 14.2. The second kappa shape index (κ2) is 6.55. The molecule has 1 aromatic rings. The van der Waals surface area contributed by atoms with E-state index in [1.54, 1.807) is 6.92 Å². The zero-order valence-electron chi connectivity index (χ0n) is 14.2. The number of rotatable bonds is 4. The first kappa shape index (κ1) is 19.0. The highest BCUT2D eigenvalue weighted by atomic mass is 19.4. The Hall–Kier alpha value is -2.29. The van der Waals surface area contributed by atoms with Crippen molar-refractivity contribution in [1.82, 2.24) is 5.32 Å². The van der Waals surface area contributed by atoms with Gasteiger partial charge in [0, 0.05) is 19.6 Å². The third-order valence-corrected chi connectivity index (χ3v) is 3.76. The van der Waals surface area contributed by atoms with Gasteiger partial charge in [-0.2, -0.15) is 13.2 Å². The van der Waals surface area contributed by atoms with E-state index in [9.17, 15) is 22.8 Å². The number of halogens is 3. The lowest BCUT2D eigenvalue weighted by Gasteiger charge is -2.39. The topological polar surface area (TPSA) is 84.7 Å². The summed E-state index contributed by atoms with van der Waals surface area (Å²) in [6.45, 7) is 4.90. The smallest absolute Gasteiger partial charge is 0.417 e. The summed E-state index contributed by atoms with van der Waals surface area (Å²) < 4.78 is 45.7. The normalized spacial score (nSPS) is 16.3. The molecule has 2 amide bonds. The SMILES string of the molecule is CCNC(=O)c1cc2c(cc1C(F)(F)F)OC(C)(C)C(=O)N2CCN. The van der Waals surface area contributed by atoms with Gasteiger partial charge in [-0.05, 0) is 32.9 Å². The van der Waals surface area contributed by atoms with E-state index in [0.29, 0.717) is 0 Å². The van der Waals surface area contributed by atoms with E-state index in [1.807, 2.05) is 0 Å². The van der Waals surface area contributed by atoms with E-state index >= 15 is 0 Å². The van der Waals surface area contributed by atoms with Crippen molar-refractivity contribution < 1.29 is 27.5 Å². The van der Waals surface area contributed by atoms with Crippen molar-refractivity contribution >= 4 is 17.5 Å². The molecule has 0 aromatic heterocycles. The van der Waals surface area contributed by atoms with E-state index in [1.165, 1.54) is 18.7 Å². The summed E-state index contributed by atoms with van der Waals surface area (Å²) in [6.07, 6.45) is -4.75. The molecule has 6 nitrogen and oxygen atoms in total. The third-order valence-electron chi connectivity index (χ3n) is 3.76. The molecule has 138 valence electrons. The molecular weight excluding hydrogens is 339 g/mol. The van der Waals surface area contributed by atoms with Gasteiger partial charge in [0.15, 0.2) is 5.60 Å². The lowest BCUT2D eigenvalue weighted by Crippen LogP contribution is -2.53. The number of carbonyl (C=O) groups excluding carboxylic acids is 2. The molecule has 1 aliphatic rings. The van der Waals surface area contributed by atoms with Crippen LogP contribution in [0.25, 0.3) is 0 Å². The van der Waals surface area contributed by atoms with Crippen LogP contribution in [-0.4, -0.2) is 37.0 Å². The Kier molecular flexibility index (Phi) is 4.99. The predicted molar refractivity (Wildman–Crippen MR) is 85.6 cm³/mol. The Morgan fingerprint density at radius 1 is 1.36 bits per heavy atom. The van der Waals surface area contributed by atoms with E-state index in [4.69, 9.17) is 10.5 Å². The van der Waals surface area contributed by atoms with Crippen LogP contribution in [0.2, 0.25) is 0 Å². The van der Waals surface area contributed by atoms with Crippen LogP contribution in [0.3, 0.4) is 0 Å². The molecule has 0 unspecified atom stereocenters. The Bertz CT molecular complexity index is 702. The van der Waals surface area contributed by atoms with E-state index in [0.717, 1.165) is 12.1 Å². The van der Waals surface area contributed by atoms with Gasteiger partial charge < -0.3 is 20.7 Å². The van der Waals surface area contributed by atoms with Gasteiger partial charge in [0.05, 0.1) is 16.8 Å². The maximum absolute atomic E-state index is 13.4. The summed E-state index contributed by atoms with van der Waals surface area (Å²) in [5, 5.41) is 2.35. The summed E-state index contributed by atoms with van der Waals surface area (Å²) in [4.78, 5) is 25.9. The Morgan fingerprint density at radius 3 is 2.52 bits per heavy atom. The van der Waals surface area contributed by atoms with Crippen molar-refractivity contribution in [2.75, 3.05) is 24.5 Å². The molecule has 0 aliphatic carbocycles. The summed E-state index contributed by atoms with van der Waals surface area (Å²) in [5.41, 5.74) is 2.60. The van der Waals surface area contributed by atoms with Crippen LogP contribution < -0.4 is 20.7 Å². The first-order chi connectivity index (χ1) is 11.5. The lowest BCUT2D eigenvalue weighted by atomic mass is 9.99. The minimum Gasteiger partial charge on any atom is -0.476 e. The van der Waals surface area contributed by atoms with Gasteiger partial charge in [-0.25, -0.2) is 0 Å². The van der Waals surface area contributed by atoms with Gasteiger partial charge in [-0.15, -0.1) is 0 Å². The number of nitrogens with two attached hydrogens (primary N) is 1. The first-order valence-electron chi connectivity index (χ1n) is 7.77. The predicted octanol–water partition coefficient (Wildman–Crippen LogP) is 1.92. The van der Waals surface area contributed by atoms with Crippen molar-refractivity contribution in [2.24, 2.45) is 5.73 Å². The zero-order chi connectivity index (χ0) is 19.0. The number of nitrogens with one attached hydrogen (secondary N) is 1. The number of hydrogen-bond donors (Lipinski definition) is 2. The molecule has 3 N–H and O–H groups in total. The van der Waals surface area contributed by atoms with Crippen LogP contribution in [0, 0.1) is 0 Å². The van der Waals surface area contributed by atoms with Crippen LogP contribution in [-0.2, 0) is 11.0 Å². The molecule has 1 heterocycles. The van der Waals surface area contributed by atoms with Crippen molar-refractivity contribution in [3.05, 3.63) is 23.3 Å². The van der Waals surface area contributed by atoms with Gasteiger partial charge in [0.1, 0.15) is 5.75 Å². The minimum absolute atomic E-state index is 0.0961. The number of amides is 2. The fraction of sp³-hybridized carbons (Fsp3) is 0.500. The number of nitrogens with zero attached hydrogens (tertiary/aromatic N) is 1. The average Bonchev–Trinajstić information content (AvgIpc) is 2.50. The second-order valence-corrected chi connectivity index (χ2v) is 6.08. The highest BCUT2D eigenvalue weighted by Gasteiger charge is 2.44. The lowest BCUT2D eigenvalue weighted by molar-refractivity contribution is -0.138. The number of alkyl halides is 3. The van der Waals surface area contributed by atoms with Crippen LogP contribution in [0.15, 0.2) is 12.1 Å². The maximum atomic E-state index is 13.4. The number of hydrogen-bond acceptors (Lipinski definition) is 4. The van der Waals surface area contributed by atoms with Gasteiger partial charge in [-0.1, -0.05) is 0 Å². The van der Waals surface area contributed by atoms with E-state index in [2.05, 4.69) is 5.32 Å². The molecule has 2 rings (SSSR count). The molecule has 0 bridgehead atoms. The van der Waals surface area contributed by atoms with Crippen LogP contribution >= 0.6 is 0 Å². The highest BCUT2D eigenvalue weighted by molar-refractivity contribution is 6.05. The quantitative estimate of drug-likeness (QED) is 0.860. The maximum Gasteiger partial charge on any atom is 0.417 e. The molecule has 0 saturated carbocycles. The van der Waals surface area contributed by atoms with Crippen molar-refractivity contribution in [2.45, 2.75) is 32.5 Å². The summed E-state index contributed by atoms with van der Waals surface area (Å²) in [5.74, 6) is -1.42. The molecule has 1 aliphatic heterocycles. The average molecular weight is 359 g/mol. The Balaban J connectivity index is 2.69. The van der Waals surface area contributed by atoms with Gasteiger partial charge >= 0.3 is 6.18 Å². The standard InChI is InChI=1S/C16H20F3N3O3/c1-4-21-13(23)9-7-11-12(8-10(9)16(17,18)19)25-15(2,3)14(24)22(11)6-5-20/h7-8H,4-6,20H2,1-3H3,(H,21,23). The second-order valence-electron chi connectivity index (χ2n) is 6.08. The third kappa shape index (κ3) is 3.55. The van der Waals surface area contributed by atoms with Gasteiger partial charge in [0.25, 0.3) is 11.8 Å². The molecule has 0 fully saturated rings. The van der Waals surface area contributed by atoms with Crippen molar-refractivity contribution in [3.8, 4) is 5.75 Å². The fourth-order valence-corrected chi connectivity index (χ4v) is 2.64. The largest absolute Gasteiger partial charge is 0.476 e. The molecule has 0 spiro atoms. The molecule has 0 saturated heterocycles. The highest BCUT2D eigenvalue weighted by Crippen LogP contribution is 2.43. The number of carbonyl (C=O) groups is 2. The first-order valence-corrected chi connectivity index (χ1v) is 7.77. The molecule has 0 radical (unpaired) electrons. The number of benzene rings is 1. The molecule has 25 heavy (non-hydrogen) atoms. The van der Waals surface area contributed by atoms with Crippen molar-refractivity contribution in [3.63, 3.8) is 0 Å². The summed E-state index contributed by atoms with van der Waals surface area (Å²) in [7, 11) is 0. The van der Waals surface area contributed by atoms with Gasteiger partial charge in [-0.3, -0.25) is 9.59 Å².